The van der Waals surface area contributed by atoms with Crippen LogP contribution < -0.4 is 13.8 Å². The first-order chi connectivity index (χ1) is 15.2. The Morgan fingerprint density at radius 2 is 1.75 bits per heavy atom. The van der Waals surface area contributed by atoms with Crippen LogP contribution >= 0.6 is 0 Å². The van der Waals surface area contributed by atoms with E-state index in [1.54, 1.807) is 11.0 Å². The Labute approximate surface area is 189 Å². The third-order valence-corrected chi connectivity index (χ3v) is 7.22. The molecule has 4 rings (SSSR count). The topological polar surface area (TPSA) is 79.4 Å². The summed E-state index contributed by atoms with van der Waals surface area (Å²) < 4.78 is 37.0. The standard InChI is InChI=1S/C23H29N3O5S/c1-17-5-4-6-20(18(17)2)26(32(3,28)29)15-23(27)25-11-9-24(10-12-25)14-19-7-8-21-22(13-19)31-16-30-21/h4-8,13H,9-12,14-16H2,1-3H3. The van der Waals surface area contributed by atoms with Gasteiger partial charge in [-0.05, 0) is 48.7 Å². The molecule has 2 aromatic carbocycles. The minimum atomic E-state index is -3.59. The molecule has 2 aromatic rings. The van der Waals surface area contributed by atoms with Gasteiger partial charge in [-0.2, -0.15) is 0 Å². The number of fused-ring (bicyclic) bond motifs is 1. The van der Waals surface area contributed by atoms with E-state index in [0.29, 0.717) is 18.8 Å². The van der Waals surface area contributed by atoms with E-state index in [9.17, 15) is 13.2 Å². The van der Waals surface area contributed by atoms with E-state index in [2.05, 4.69) is 4.90 Å². The molecule has 0 saturated carbocycles. The van der Waals surface area contributed by atoms with Crippen LogP contribution in [0.15, 0.2) is 36.4 Å². The number of nitrogens with zero attached hydrogens (tertiary/aromatic N) is 3. The molecular formula is C23H29N3O5S. The van der Waals surface area contributed by atoms with Gasteiger partial charge in [0.25, 0.3) is 0 Å². The number of carbonyl (C=O) groups is 1. The lowest BCUT2D eigenvalue weighted by Gasteiger charge is -2.36. The second-order valence-corrected chi connectivity index (χ2v) is 10.2. The highest BCUT2D eigenvalue weighted by atomic mass is 32.2. The fraction of sp³-hybridized carbons (Fsp3) is 0.435. The maximum absolute atomic E-state index is 13.0. The van der Waals surface area contributed by atoms with Crippen LogP contribution in [0.4, 0.5) is 5.69 Å². The van der Waals surface area contributed by atoms with Crippen molar-refractivity contribution in [2.75, 3.05) is 50.1 Å². The molecule has 1 fully saturated rings. The second-order valence-electron chi connectivity index (χ2n) is 8.33. The summed E-state index contributed by atoms with van der Waals surface area (Å²) >= 11 is 0. The third kappa shape index (κ3) is 4.83. The molecular weight excluding hydrogens is 430 g/mol. The molecule has 0 aliphatic carbocycles. The largest absolute Gasteiger partial charge is 0.454 e. The predicted octanol–water partition coefficient (Wildman–Crippen LogP) is 2.14. The number of sulfonamides is 1. The first-order valence-corrected chi connectivity index (χ1v) is 12.5. The van der Waals surface area contributed by atoms with Crippen LogP contribution in [0.2, 0.25) is 0 Å². The van der Waals surface area contributed by atoms with E-state index < -0.39 is 10.0 Å². The zero-order chi connectivity index (χ0) is 22.9. The van der Waals surface area contributed by atoms with Gasteiger partial charge >= 0.3 is 0 Å². The van der Waals surface area contributed by atoms with Gasteiger partial charge in [0, 0.05) is 32.7 Å². The summed E-state index contributed by atoms with van der Waals surface area (Å²) in [5, 5.41) is 0. The van der Waals surface area contributed by atoms with Crippen molar-refractivity contribution in [3.63, 3.8) is 0 Å². The zero-order valence-corrected chi connectivity index (χ0v) is 19.5. The normalized spacial score (nSPS) is 16.3. The first kappa shape index (κ1) is 22.4. The van der Waals surface area contributed by atoms with Crippen molar-refractivity contribution in [2.45, 2.75) is 20.4 Å². The van der Waals surface area contributed by atoms with Crippen molar-refractivity contribution in [3.8, 4) is 11.5 Å². The maximum Gasteiger partial charge on any atom is 0.243 e. The third-order valence-electron chi connectivity index (χ3n) is 6.09. The van der Waals surface area contributed by atoms with Gasteiger partial charge in [0.15, 0.2) is 11.5 Å². The van der Waals surface area contributed by atoms with Crippen LogP contribution in [-0.2, 0) is 21.4 Å². The van der Waals surface area contributed by atoms with Crippen LogP contribution in [0.3, 0.4) is 0 Å². The van der Waals surface area contributed by atoms with Gasteiger partial charge in [-0.1, -0.05) is 18.2 Å². The van der Waals surface area contributed by atoms with Gasteiger partial charge in [-0.25, -0.2) is 8.42 Å². The van der Waals surface area contributed by atoms with Gasteiger partial charge < -0.3 is 14.4 Å². The highest BCUT2D eigenvalue weighted by Gasteiger charge is 2.27. The number of hydrogen-bond donors (Lipinski definition) is 0. The fourth-order valence-electron chi connectivity index (χ4n) is 4.06. The lowest BCUT2D eigenvalue weighted by molar-refractivity contribution is -0.131. The van der Waals surface area contributed by atoms with E-state index in [4.69, 9.17) is 9.47 Å². The lowest BCUT2D eigenvalue weighted by atomic mass is 10.1. The summed E-state index contributed by atoms with van der Waals surface area (Å²) in [5.74, 6) is 1.35. The summed E-state index contributed by atoms with van der Waals surface area (Å²) in [7, 11) is -3.59. The molecule has 0 bridgehead atoms. The van der Waals surface area contributed by atoms with E-state index in [0.717, 1.165) is 54.1 Å². The lowest BCUT2D eigenvalue weighted by Crippen LogP contribution is -2.51. The molecule has 0 aromatic heterocycles. The fourth-order valence-corrected chi connectivity index (χ4v) is 4.96. The van der Waals surface area contributed by atoms with E-state index in [1.165, 1.54) is 4.31 Å². The van der Waals surface area contributed by atoms with Gasteiger partial charge in [0.1, 0.15) is 6.54 Å². The van der Waals surface area contributed by atoms with Gasteiger partial charge in [0.2, 0.25) is 22.7 Å². The molecule has 1 saturated heterocycles. The maximum atomic E-state index is 13.0. The Morgan fingerprint density at radius 3 is 2.47 bits per heavy atom. The minimum absolute atomic E-state index is 0.181. The van der Waals surface area contributed by atoms with Crippen LogP contribution in [0.1, 0.15) is 16.7 Å². The van der Waals surface area contributed by atoms with Gasteiger partial charge in [0.05, 0.1) is 11.9 Å². The van der Waals surface area contributed by atoms with Crippen molar-refractivity contribution >= 4 is 21.6 Å². The number of amides is 1. The number of anilines is 1. The van der Waals surface area contributed by atoms with Gasteiger partial charge in [-0.3, -0.25) is 14.0 Å². The summed E-state index contributed by atoms with van der Waals surface area (Å²) in [4.78, 5) is 17.0. The number of aryl methyl sites for hydroxylation is 1. The molecule has 9 heteroatoms. The van der Waals surface area contributed by atoms with Crippen molar-refractivity contribution in [1.82, 2.24) is 9.80 Å². The molecule has 8 nitrogen and oxygen atoms in total. The SMILES string of the molecule is Cc1cccc(N(CC(=O)N2CCN(Cc3ccc4c(c3)OCO4)CC2)S(C)(=O)=O)c1C. The smallest absolute Gasteiger partial charge is 0.243 e. The quantitative estimate of drug-likeness (QED) is 0.659. The number of benzene rings is 2. The van der Waals surface area contributed by atoms with Crippen LogP contribution in [-0.4, -0.2) is 69.9 Å². The number of carbonyl (C=O) groups excluding carboxylic acids is 1. The van der Waals surface area contributed by atoms with Crippen LogP contribution in [0.5, 0.6) is 11.5 Å². The molecule has 0 spiro atoms. The van der Waals surface area contributed by atoms with Crippen molar-refractivity contribution < 1.29 is 22.7 Å². The first-order valence-electron chi connectivity index (χ1n) is 10.6. The van der Waals surface area contributed by atoms with Crippen molar-refractivity contribution in [2.24, 2.45) is 0 Å². The molecule has 2 aliphatic rings. The summed E-state index contributed by atoms with van der Waals surface area (Å²) in [5.41, 5.74) is 3.54. The molecule has 0 unspecified atom stereocenters. The Hall–Kier alpha value is -2.78. The van der Waals surface area contributed by atoms with E-state index in [-0.39, 0.29) is 19.2 Å². The molecule has 2 aliphatic heterocycles. The summed E-state index contributed by atoms with van der Waals surface area (Å²) in [6.45, 7) is 7.21. The van der Waals surface area contributed by atoms with Gasteiger partial charge in [-0.15, -0.1) is 0 Å². The molecule has 32 heavy (non-hydrogen) atoms. The number of ether oxygens (including phenoxy) is 2. The molecule has 172 valence electrons. The monoisotopic (exact) mass is 459 g/mol. The van der Waals surface area contributed by atoms with Crippen LogP contribution in [0, 0.1) is 13.8 Å². The number of hydrogen-bond acceptors (Lipinski definition) is 6. The molecule has 0 radical (unpaired) electrons. The van der Waals surface area contributed by atoms with E-state index in [1.807, 2.05) is 44.2 Å². The summed E-state index contributed by atoms with van der Waals surface area (Å²) in [6, 6.07) is 11.4. The molecule has 2 heterocycles. The molecule has 0 N–H and O–H groups in total. The number of rotatable bonds is 6. The average Bonchev–Trinajstić information content (AvgIpc) is 3.22. The minimum Gasteiger partial charge on any atom is -0.454 e. The Bertz CT molecular complexity index is 1110. The highest BCUT2D eigenvalue weighted by molar-refractivity contribution is 7.92. The van der Waals surface area contributed by atoms with Crippen LogP contribution in [0.25, 0.3) is 0 Å². The Balaban J connectivity index is 1.37. The molecule has 0 atom stereocenters. The average molecular weight is 460 g/mol. The Kier molecular flexibility index (Phi) is 6.30. The molecule has 1 amide bonds. The second kappa shape index (κ2) is 8.99. The number of piperazine rings is 1. The summed E-state index contributed by atoms with van der Waals surface area (Å²) in [6.07, 6.45) is 1.14. The van der Waals surface area contributed by atoms with E-state index >= 15 is 0 Å². The van der Waals surface area contributed by atoms with Crippen molar-refractivity contribution in [3.05, 3.63) is 53.1 Å². The predicted molar refractivity (Wildman–Crippen MR) is 123 cm³/mol. The zero-order valence-electron chi connectivity index (χ0n) is 18.7. The highest BCUT2D eigenvalue weighted by Crippen LogP contribution is 2.33. The van der Waals surface area contributed by atoms with Crippen molar-refractivity contribution in [1.29, 1.82) is 0 Å². The Morgan fingerprint density at radius 1 is 1.03 bits per heavy atom.